The van der Waals surface area contributed by atoms with Crippen molar-refractivity contribution in [1.29, 1.82) is 0 Å². The molecule has 4 rings (SSSR count). The lowest BCUT2D eigenvalue weighted by Gasteiger charge is -2.63. The molecule has 4 aliphatic carbocycles. The Morgan fingerprint density at radius 1 is 1.12 bits per heavy atom. The van der Waals surface area contributed by atoms with E-state index in [1.807, 2.05) is 0 Å². The Hall–Kier alpha value is -1.09. The molecule has 4 aliphatic rings. The molecule has 32 heavy (non-hydrogen) atoms. The molecule has 5 heteroatoms. The molecule has 0 aromatic rings. The van der Waals surface area contributed by atoms with Crippen LogP contribution in [0.5, 0.6) is 0 Å². The minimum atomic E-state index is -0.397. The summed E-state index contributed by atoms with van der Waals surface area (Å²) in [7, 11) is 0. The maximum atomic E-state index is 12.0. The summed E-state index contributed by atoms with van der Waals surface area (Å²) in [6.45, 7) is 6.82. The standard InChI is InChI=1S/C27H42O5/c1-5-12-32-24(31)9-6-16(2)19-7-8-20-25-21(15-23(30)27(19,20)4)26(3)11-10-18(28)13-17(26)14-22(25)29/h1,16-23,25,28-30H,6-15H2,2-4H3/t16-,17+,18-,19-,20+,21+,22-,23+,25+,26+,27-/m1/s1. The number of rotatable bonds is 5. The first kappa shape index (κ1) is 24.0. The predicted octanol–water partition coefficient (Wildman–Crippen LogP) is 3.54. The van der Waals surface area contributed by atoms with E-state index >= 15 is 0 Å². The molecule has 0 amide bonds. The van der Waals surface area contributed by atoms with Gasteiger partial charge in [-0.3, -0.25) is 4.79 Å². The van der Waals surface area contributed by atoms with Crippen molar-refractivity contribution >= 4 is 5.97 Å². The zero-order valence-electron chi connectivity index (χ0n) is 20.0. The summed E-state index contributed by atoms with van der Waals surface area (Å²) >= 11 is 0. The summed E-state index contributed by atoms with van der Waals surface area (Å²) in [6.07, 6.45) is 11.4. The zero-order valence-corrected chi connectivity index (χ0v) is 20.0. The zero-order chi connectivity index (χ0) is 23.3. The van der Waals surface area contributed by atoms with Crippen LogP contribution >= 0.6 is 0 Å². The van der Waals surface area contributed by atoms with E-state index in [4.69, 9.17) is 11.2 Å². The number of esters is 1. The molecule has 3 N–H and O–H groups in total. The Balaban J connectivity index is 1.52. The van der Waals surface area contributed by atoms with Gasteiger partial charge in [0.25, 0.3) is 0 Å². The molecule has 180 valence electrons. The van der Waals surface area contributed by atoms with E-state index in [-0.39, 0.29) is 41.5 Å². The number of ether oxygens (including phenoxy) is 1. The Morgan fingerprint density at radius 3 is 2.59 bits per heavy atom. The fourth-order valence-corrected chi connectivity index (χ4v) is 8.87. The van der Waals surface area contributed by atoms with E-state index in [1.165, 1.54) is 0 Å². The number of aliphatic hydroxyl groups excluding tert-OH is 3. The van der Waals surface area contributed by atoms with Crippen LogP contribution in [-0.2, 0) is 9.53 Å². The van der Waals surface area contributed by atoms with Crippen LogP contribution in [0.1, 0.15) is 78.6 Å². The number of hydrogen-bond donors (Lipinski definition) is 3. The molecule has 0 aliphatic heterocycles. The lowest BCUT2D eigenvalue weighted by atomic mass is 9.43. The van der Waals surface area contributed by atoms with Crippen LogP contribution in [-0.4, -0.2) is 46.2 Å². The SMILES string of the molecule is C#CCOC(=O)CC[C@@H](C)[C@H]1CC[C@H]2[C@@H]3[C@H](O)C[C@@H]4C[C@H](O)CC[C@]4(C)[C@H]3C[C@H](O)[C@]12C. The summed E-state index contributed by atoms with van der Waals surface area (Å²) in [5.74, 6) is 3.88. The number of fused-ring (bicyclic) bond motifs is 5. The van der Waals surface area contributed by atoms with Gasteiger partial charge in [-0.15, -0.1) is 6.42 Å². The molecule has 4 saturated carbocycles. The molecule has 0 aromatic heterocycles. The Bertz CT molecular complexity index is 745. The van der Waals surface area contributed by atoms with Gasteiger partial charge in [0, 0.05) is 6.42 Å². The van der Waals surface area contributed by atoms with Crippen molar-refractivity contribution in [3.63, 3.8) is 0 Å². The van der Waals surface area contributed by atoms with Crippen LogP contribution in [0.2, 0.25) is 0 Å². The molecule has 0 bridgehead atoms. The van der Waals surface area contributed by atoms with Gasteiger partial charge in [-0.2, -0.15) is 0 Å². The van der Waals surface area contributed by atoms with Crippen LogP contribution in [0, 0.1) is 58.7 Å². The third-order valence-electron chi connectivity index (χ3n) is 10.6. The molecule has 0 spiro atoms. The first-order valence-corrected chi connectivity index (χ1v) is 12.8. The first-order chi connectivity index (χ1) is 15.1. The van der Waals surface area contributed by atoms with Crippen LogP contribution in [0.4, 0.5) is 0 Å². The molecule has 11 atom stereocenters. The summed E-state index contributed by atoms with van der Waals surface area (Å²) in [4.78, 5) is 12.0. The van der Waals surface area contributed by atoms with E-state index in [1.54, 1.807) is 0 Å². The van der Waals surface area contributed by atoms with Crippen LogP contribution < -0.4 is 0 Å². The summed E-state index contributed by atoms with van der Waals surface area (Å²) in [6, 6.07) is 0. The fraction of sp³-hybridized carbons (Fsp3) is 0.889. The van der Waals surface area contributed by atoms with Gasteiger partial charge < -0.3 is 20.1 Å². The topological polar surface area (TPSA) is 87.0 Å². The monoisotopic (exact) mass is 446 g/mol. The highest BCUT2D eigenvalue weighted by Crippen LogP contribution is 2.68. The van der Waals surface area contributed by atoms with Gasteiger partial charge in [-0.1, -0.05) is 26.7 Å². The van der Waals surface area contributed by atoms with E-state index in [0.29, 0.717) is 36.0 Å². The number of carbonyl (C=O) groups is 1. The van der Waals surface area contributed by atoms with Crippen LogP contribution in [0.3, 0.4) is 0 Å². The summed E-state index contributed by atoms with van der Waals surface area (Å²) < 4.78 is 5.04. The van der Waals surface area contributed by atoms with Crippen molar-refractivity contribution in [2.24, 2.45) is 46.3 Å². The Labute approximate surface area is 193 Å². The van der Waals surface area contributed by atoms with Crippen molar-refractivity contribution < 1.29 is 24.9 Å². The lowest BCUT2D eigenvalue weighted by Crippen LogP contribution is -2.62. The molecule has 0 saturated heterocycles. The smallest absolute Gasteiger partial charge is 0.306 e. The highest BCUT2D eigenvalue weighted by Gasteiger charge is 2.65. The molecule has 4 fully saturated rings. The van der Waals surface area contributed by atoms with E-state index in [0.717, 1.165) is 51.4 Å². The third-order valence-corrected chi connectivity index (χ3v) is 10.6. The van der Waals surface area contributed by atoms with Crippen molar-refractivity contribution in [3.05, 3.63) is 0 Å². The van der Waals surface area contributed by atoms with Crippen molar-refractivity contribution in [2.45, 2.75) is 96.9 Å². The molecule has 0 heterocycles. The second kappa shape index (κ2) is 8.93. The Morgan fingerprint density at radius 2 is 1.88 bits per heavy atom. The van der Waals surface area contributed by atoms with Gasteiger partial charge in [0.2, 0.25) is 0 Å². The quantitative estimate of drug-likeness (QED) is 0.444. The highest BCUT2D eigenvalue weighted by molar-refractivity contribution is 5.69. The van der Waals surface area contributed by atoms with Crippen LogP contribution in [0.25, 0.3) is 0 Å². The van der Waals surface area contributed by atoms with Crippen LogP contribution in [0.15, 0.2) is 0 Å². The van der Waals surface area contributed by atoms with E-state index in [9.17, 15) is 20.1 Å². The Kier molecular flexibility index (Phi) is 6.71. The van der Waals surface area contributed by atoms with Gasteiger partial charge in [0.15, 0.2) is 6.61 Å². The molecule has 0 aromatic carbocycles. The van der Waals surface area contributed by atoms with Gasteiger partial charge in [-0.25, -0.2) is 0 Å². The van der Waals surface area contributed by atoms with E-state index in [2.05, 4.69) is 26.7 Å². The minimum absolute atomic E-state index is 0.0207. The number of terminal acetylenes is 1. The van der Waals surface area contributed by atoms with E-state index < -0.39 is 6.10 Å². The molecule has 0 unspecified atom stereocenters. The van der Waals surface area contributed by atoms with Crippen molar-refractivity contribution in [3.8, 4) is 12.3 Å². The second-order valence-electron chi connectivity index (χ2n) is 11.9. The summed E-state index contributed by atoms with van der Waals surface area (Å²) in [5.41, 5.74) is -0.141. The van der Waals surface area contributed by atoms with Gasteiger partial charge in [-0.05, 0) is 97.7 Å². The largest absolute Gasteiger partial charge is 0.452 e. The maximum Gasteiger partial charge on any atom is 0.306 e. The normalized spacial score (nSPS) is 48.7. The maximum absolute atomic E-state index is 12.0. The predicted molar refractivity (Wildman–Crippen MR) is 122 cm³/mol. The third kappa shape index (κ3) is 3.81. The molecular formula is C27H42O5. The number of carbonyl (C=O) groups excluding carboxylic acids is 1. The van der Waals surface area contributed by atoms with Crippen molar-refractivity contribution in [1.82, 2.24) is 0 Å². The van der Waals surface area contributed by atoms with Crippen molar-refractivity contribution in [2.75, 3.05) is 6.61 Å². The molecule has 5 nitrogen and oxygen atoms in total. The molecule has 0 radical (unpaired) electrons. The highest BCUT2D eigenvalue weighted by atomic mass is 16.5. The average Bonchev–Trinajstić information content (AvgIpc) is 3.11. The first-order valence-electron chi connectivity index (χ1n) is 12.8. The van der Waals surface area contributed by atoms with Gasteiger partial charge >= 0.3 is 5.97 Å². The molecular weight excluding hydrogens is 404 g/mol. The second-order valence-corrected chi connectivity index (χ2v) is 11.9. The average molecular weight is 447 g/mol. The fourth-order valence-electron chi connectivity index (χ4n) is 8.87. The number of hydrogen-bond acceptors (Lipinski definition) is 5. The lowest BCUT2D eigenvalue weighted by molar-refractivity contribution is -0.207. The number of aliphatic hydroxyl groups is 3. The minimum Gasteiger partial charge on any atom is -0.452 e. The summed E-state index contributed by atoms with van der Waals surface area (Å²) in [5, 5.41) is 33.2. The van der Waals surface area contributed by atoms with Gasteiger partial charge in [0.1, 0.15) is 0 Å². The van der Waals surface area contributed by atoms with Gasteiger partial charge in [0.05, 0.1) is 18.3 Å².